The molecule has 5 nitrogen and oxygen atoms in total. The van der Waals surface area contributed by atoms with Gasteiger partial charge in [0.25, 0.3) is 11.8 Å². The van der Waals surface area contributed by atoms with E-state index in [9.17, 15) is 14.7 Å². The van der Waals surface area contributed by atoms with Gasteiger partial charge in [-0.2, -0.15) is 0 Å². The number of hydrazine groups is 1. The smallest absolute Gasteiger partial charge is 0.273 e. The number of hydrogen-bond acceptors (Lipinski definition) is 3. The topological polar surface area (TPSA) is 78.4 Å². The van der Waals surface area contributed by atoms with Crippen LogP contribution in [0.25, 0.3) is 0 Å². The normalized spacial score (nSPS) is 10.0. The molecule has 0 aromatic heterocycles. The predicted molar refractivity (Wildman–Crippen MR) is 81.9 cm³/mol. The molecule has 0 aliphatic heterocycles. The molecule has 0 saturated carbocycles. The van der Waals surface area contributed by atoms with Crippen LogP contribution in [0.15, 0.2) is 46.9 Å². The number of nitrogens with one attached hydrogen (secondary N) is 2. The van der Waals surface area contributed by atoms with E-state index in [0.29, 0.717) is 10.0 Å². The van der Waals surface area contributed by atoms with Crippen LogP contribution in [0.1, 0.15) is 26.3 Å². The minimum absolute atomic E-state index is 0.0789. The van der Waals surface area contributed by atoms with Crippen LogP contribution in [0.4, 0.5) is 0 Å². The van der Waals surface area contributed by atoms with Crippen LogP contribution >= 0.6 is 15.9 Å². The number of aryl methyl sites for hydroxylation is 1. The summed E-state index contributed by atoms with van der Waals surface area (Å²) >= 11 is 3.16. The first-order chi connectivity index (χ1) is 9.99. The minimum Gasteiger partial charge on any atom is -0.506 e. The lowest BCUT2D eigenvalue weighted by Crippen LogP contribution is -2.41. The first kappa shape index (κ1) is 15.1. The van der Waals surface area contributed by atoms with E-state index in [0.717, 1.165) is 5.56 Å². The first-order valence-electron chi connectivity index (χ1n) is 6.14. The largest absolute Gasteiger partial charge is 0.506 e. The van der Waals surface area contributed by atoms with Gasteiger partial charge in [0.05, 0.1) is 10.0 Å². The van der Waals surface area contributed by atoms with Crippen molar-refractivity contribution in [3.8, 4) is 5.75 Å². The number of halogens is 1. The van der Waals surface area contributed by atoms with Crippen molar-refractivity contribution in [2.24, 2.45) is 0 Å². The molecule has 21 heavy (non-hydrogen) atoms. The molecule has 0 unspecified atom stereocenters. The lowest BCUT2D eigenvalue weighted by atomic mass is 10.1. The van der Waals surface area contributed by atoms with Crippen molar-refractivity contribution >= 4 is 27.7 Å². The number of phenolic OH excluding ortho intramolecular Hbond substituents is 1. The SMILES string of the molecule is Cc1cc(Br)c(O)c(C(=O)NNC(=O)c2ccccc2)c1. The second-order valence-electron chi connectivity index (χ2n) is 4.42. The molecular weight excluding hydrogens is 336 g/mol. The summed E-state index contributed by atoms with van der Waals surface area (Å²) in [5.74, 6) is -1.21. The van der Waals surface area contributed by atoms with Crippen LogP contribution in [-0.4, -0.2) is 16.9 Å². The molecule has 0 atom stereocenters. The van der Waals surface area contributed by atoms with Crippen molar-refractivity contribution in [1.82, 2.24) is 10.9 Å². The Hall–Kier alpha value is -2.34. The summed E-state index contributed by atoms with van der Waals surface area (Å²) in [5.41, 5.74) is 5.88. The summed E-state index contributed by atoms with van der Waals surface area (Å²) in [4.78, 5) is 23.8. The average molecular weight is 349 g/mol. The molecule has 2 aromatic carbocycles. The van der Waals surface area contributed by atoms with Crippen LogP contribution < -0.4 is 10.9 Å². The molecule has 0 fully saturated rings. The highest BCUT2D eigenvalue weighted by Crippen LogP contribution is 2.29. The molecule has 0 saturated heterocycles. The predicted octanol–water partition coefficient (Wildman–Crippen LogP) is 2.54. The standard InChI is InChI=1S/C15H13BrN2O3/c1-9-7-11(13(19)12(16)8-9)15(21)18-17-14(20)10-5-3-2-4-6-10/h2-8,19H,1H3,(H,17,20)(H,18,21). The number of rotatable bonds is 2. The van der Waals surface area contributed by atoms with Gasteiger partial charge in [0.1, 0.15) is 5.75 Å². The van der Waals surface area contributed by atoms with Gasteiger partial charge < -0.3 is 5.11 Å². The summed E-state index contributed by atoms with van der Waals surface area (Å²) < 4.78 is 0.419. The fourth-order valence-electron chi connectivity index (χ4n) is 1.75. The Morgan fingerprint density at radius 3 is 2.33 bits per heavy atom. The number of carbonyl (C=O) groups is 2. The van der Waals surface area contributed by atoms with E-state index in [-0.39, 0.29) is 11.3 Å². The second-order valence-corrected chi connectivity index (χ2v) is 5.27. The van der Waals surface area contributed by atoms with Crippen molar-refractivity contribution in [1.29, 1.82) is 0 Å². The molecule has 0 bridgehead atoms. The third kappa shape index (κ3) is 3.61. The molecule has 0 radical (unpaired) electrons. The van der Waals surface area contributed by atoms with Crippen molar-refractivity contribution in [2.45, 2.75) is 6.92 Å². The number of aromatic hydroxyl groups is 1. The Morgan fingerprint density at radius 1 is 1.05 bits per heavy atom. The summed E-state index contributed by atoms with van der Waals surface area (Å²) in [6.45, 7) is 1.80. The van der Waals surface area contributed by atoms with Crippen molar-refractivity contribution < 1.29 is 14.7 Å². The van der Waals surface area contributed by atoms with E-state index >= 15 is 0 Å². The van der Waals surface area contributed by atoms with E-state index in [2.05, 4.69) is 26.8 Å². The molecule has 108 valence electrons. The zero-order valence-electron chi connectivity index (χ0n) is 11.2. The van der Waals surface area contributed by atoms with E-state index in [1.54, 1.807) is 43.3 Å². The minimum atomic E-state index is -0.596. The van der Waals surface area contributed by atoms with Gasteiger partial charge in [-0.25, -0.2) is 0 Å². The van der Waals surface area contributed by atoms with Crippen molar-refractivity contribution in [3.05, 3.63) is 63.6 Å². The number of hydrogen-bond donors (Lipinski definition) is 3. The highest BCUT2D eigenvalue weighted by molar-refractivity contribution is 9.10. The highest BCUT2D eigenvalue weighted by atomic mass is 79.9. The molecule has 0 aliphatic carbocycles. The molecule has 0 aliphatic rings. The van der Waals surface area contributed by atoms with Crippen LogP contribution in [-0.2, 0) is 0 Å². The Kier molecular flexibility index (Phi) is 4.59. The zero-order valence-corrected chi connectivity index (χ0v) is 12.8. The van der Waals surface area contributed by atoms with Gasteiger partial charge >= 0.3 is 0 Å². The fourth-order valence-corrected chi connectivity index (χ4v) is 2.32. The molecule has 6 heteroatoms. The average Bonchev–Trinajstić information content (AvgIpc) is 2.49. The van der Waals surface area contributed by atoms with Gasteiger partial charge in [0.15, 0.2) is 0 Å². The lowest BCUT2D eigenvalue weighted by Gasteiger charge is -2.10. The van der Waals surface area contributed by atoms with Gasteiger partial charge in [-0.05, 0) is 52.7 Å². The van der Waals surface area contributed by atoms with E-state index in [1.807, 2.05) is 0 Å². The van der Waals surface area contributed by atoms with Crippen molar-refractivity contribution in [2.75, 3.05) is 0 Å². The van der Waals surface area contributed by atoms with Gasteiger partial charge in [-0.1, -0.05) is 18.2 Å². The highest BCUT2D eigenvalue weighted by Gasteiger charge is 2.15. The first-order valence-corrected chi connectivity index (χ1v) is 6.93. The van der Waals surface area contributed by atoms with Crippen molar-refractivity contribution in [3.63, 3.8) is 0 Å². The maximum Gasteiger partial charge on any atom is 0.273 e. The molecule has 2 aromatic rings. The molecule has 0 heterocycles. The molecule has 2 rings (SSSR count). The Morgan fingerprint density at radius 2 is 1.67 bits per heavy atom. The maximum absolute atomic E-state index is 12.0. The summed E-state index contributed by atoms with van der Waals surface area (Å²) in [7, 11) is 0. The molecular formula is C15H13BrN2O3. The summed E-state index contributed by atoms with van der Waals surface area (Å²) in [6, 6.07) is 11.7. The maximum atomic E-state index is 12.0. The number of benzene rings is 2. The monoisotopic (exact) mass is 348 g/mol. The Balaban J connectivity index is 2.08. The van der Waals surface area contributed by atoms with Crippen LogP contribution in [0.3, 0.4) is 0 Å². The zero-order chi connectivity index (χ0) is 15.4. The third-order valence-corrected chi connectivity index (χ3v) is 3.38. The van der Waals surface area contributed by atoms with E-state index in [1.165, 1.54) is 6.07 Å². The fraction of sp³-hybridized carbons (Fsp3) is 0.0667. The van der Waals surface area contributed by atoms with Crippen LogP contribution in [0.2, 0.25) is 0 Å². The van der Waals surface area contributed by atoms with Gasteiger partial charge in [-0.15, -0.1) is 0 Å². The van der Waals surface area contributed by atoms with E-state index < -0.39 is 11.8 Å². The quantitative estimate of drug-likeness (QED) is 0.729. The van der Waals surface area contributed by atoms with Gasteiger partial charge in [0, 0.05) is 5.56 Å². The summed E-state index contributed by atoms with van der Waals surface area (Å²) in [5, 5.41) is 9.85. The van der Waals surface area contributed by atoms with Gasteiger partial charge in [0.2, 0.25) is 0 Å². The third-order valence-electron chi connectivity index (χ3n) is 2.78. The lowest BCUT2D eigenvalue weighted by molar-refractivity contribution is 0.0845. The Labute approximate surface area is 130 Å². The van der Waals surface area contributed by atoms with Crippen LogP contribution in [0, 0.1) is 6.92 Å². The molecule has 0 spiro atoms. The number of carbonyl (C=O) groups excluding carboxylic acids is 2. The molecule has 2 amide bonds. The second kappa shape index (κ2) is 6.41. The number of amides is 2. The van der Waals surface area contributed by atoms with E-state index in [4.69, 9.17) is 0 Å². The van der Waals surface area contributed by atoms with Crippen LogP contribution in [0.5, 0.6) is 5.75 Å². The summed E-state index contributed by atoms with van der Waals surface area (Å²) in [6.07, 6.45) is 0. The number of phenols is 1. The molecule has 3 N–H and O–H groups in total. The Bertz CT molecular complexity index is 687. The van der Waals surface area contributed by atoms with Gasteiger partial charge in [-0.3, -0.25) is 20.4 Å².